The first-order chi connectivity index (χ1) is 19.5. The van der Waals surface area contributed by atoms with Crippen molar-refractivity contribution in [1.29, 1.82) is 5.26 Å². The van der Waals surface area contributed by atoms with Gasteiger partial charge in [0.2, 0.25) is 5.91 Å². The third-order valence-electron chi connectivity index (χ3n) is 6.97. The summed E-state index contributed by atoms with van der Waals surface area (Å²) < 4.78 is 0. The average molecular weight is 573 g/mol. The second-order valence-corrected chi connectivity index (χ2v) is 10.4. The molecule has 1 aromatic carbocycles. The number of hydrogen-bond donors (Lipinski definition) is 5. The molecule has 0 saturated heterocycles. The standard InChI is InChI=1S/C31H44N2O8/c1-2-3-4-7-10-13-24(34)14-11-8-5-6-9-12-15-26(31(41,20-21-32)30(39)40)28(36)33-27(29(37)38)22-23-16-18-25(35)19-17-23/h12,15-19,26-27,35,41H,2-11,13-14,20,22H2,1H3,(H,33,36)(H,37,38)(H,39,40)/b15-12+/t26-,27+,31+/m1/s1. The zero-order chi connectivity index (χ0) is 30.7. The topological polar surface area (TPSA) is 185 Å². The number of carbonyl (C=O) groups is 4. The van der Waals surface area contributed by atoms with Crippen molar-refractivity contribution in [1.82, 2.24) is 5.32 Å². The highest BCUT2D eigenvalue weighted by Gasteiger charge is 2.47. The van der Waals surface area contributed by atoms with E-state index in [4.69, 9.17) is 5.26 Å². The van der Waals surface area contributed by atoms with Gasteiger partial charge in [-0.25, -0.2) is 9.59 Å². The number of phenolic OH excluding ortho intramolecular Hbond substituents is 1. The molecule has 41 heavy (non-hydrogen) atoms. The number of carbonyl (C=O) groups excluding carboxylic acids is 2. The number of aliphatic carboxylic acids is 2. The maximum Gasteiger partial charge on any atom is 0.337 e. The summed E-state index contributed by atoms with van der Waals surface area (Å²) in [6.07, 6.45) is 12.1. The Morgan fingerprint density at radius 3 is 2.07 bits per heavy atom. The maximum absolute atomic E-state index is 13.1. The normalized spacial score (nSPS) is 14.1. The lowest BCUT2D eigenvalue weighted by Gasteiger charge is -2.28. The van der Waals surface area contributed by atoms with Gasteiger partial charge in [0.15, 0.2) is 5.60 Å². The van der Waals surface area contributed by atoms with Crippen LogP contribution in [0.2, 0.25) is 0 Å². The Morgan fingerprint density at radius 2 is 1.54 bits per heavy atom. The molecule has 0 saturated carbocycles. The number of carboxylic acid groups (broad SMARTS) is 2. The van der Waals surface area contributed by atoms with Gasteiger partial charge in [-0.3, -0.25) is 9.59 Å². The molecule has 1 rings (SSSR count). The van der Waals surface area contributed by atoms with Crippen LogP contribution in [0.25, 0.3) is 0 Å². The minimum atomic E-state index is -2.76. The molecule has 226 valence electrons. The number of ketones is 1. The van der Waals surface area contributed by atoms with Gasteiger partial charge in [0, 0.05) is 19.3 Å². The summed E-state index contributed by atoms with van der Waals surface area (Å²) in [4.78, 5) is 48.8. The van der Waals surface area contributed by atoms with Crippen LogP contribution in [-0.2, 0) is 25.6 Å². The molecule has 10 heteroatoms. The van der Waals surface area contributed by atoms with Gasteiger partial charge >= 0.3 is 11.9 Å². The molecule has 0 heterocycles. The molecule has 0 aromatic heterocycles. The van der Waals surface area contributed by atoms with Crippen molar-refractivity contribution in [2.45, 2.75) is 108 Å². The van der Waals surface area contributed by atoms with Crippen molar-refractivity contribution in [3.05, 3.63) is 42.0 Å². The van der Waals surface area contributed by atoms with Crippen LogP contribution in [0.4, 0.5) is 0 Å². The first-order valence-corrected chi connectivity index (χ1v) is 14.4. The molecule has 5 N–H and O–H groups in total. The monoisotopic (exact) mass is 572 g/mol. The van der Waals surface area contributed by atoms with Crippen LogP contribution in [0, 0.1) is 17.2 Å². The largest absolute Gasteiger partial charge is 0.508 e. The molecule has 0 unspecified atom stereocenters. The molecular formula is C31H44N2O8. The summed E-state index contributed by atoms with van der Waals surface area (Å²) in [6.45, 7) is 2.15. The number of amides is 1. The molecule has 0 bridgehead atoms. The van der Waals surface area contributed by atoms with Gasteiger partial charge in [-0.2, -0.15) is 5.26 Å². The highest BCUT2D eigenvalue weighted by Crippen LogP contribution is 2.25. The first-order valence-electron chi connectivity index (χ1n) is 14.4. The summed E-state index contributed by atoms with van der Waals surface area (Å²) in [7, 11) is 0. The summed E-state index contributed by atoms with van der Waals surface area (Å²) >= 11 is 0. The maximum atomic E-state index is 13.1. The molecule has 1 amide bonds. The molecule has 0 radical (unpaired) electrons. The number of aromatic hydroxyl groups is 1. The van der Waals surface area contributed by atoms with Crippen molar-refractivity contribution in [2.24, 2.45) is 5.92 Å². The van der Waals surface area contributed by atoms with Crippen LogP contribution in [0.3, 0.4) is 0 Å². The minimum Gasteiger partial charge on any atom is -0.508 e. The van der Waals surface area contributed by atoms with Crippen LogP contribution < -0.4 is 5.32 Å². The zero-order valence-electron chi connectivity index (χ0n) is 23.9. The lowest BCUT2D eigenvalue weighted by Crippen LogP contribution is -2.54. The van der Waals surface area contributed by atoms with E-state index in [-0.39, 0.29) is 18.0 Å². The van der Waals surface area contributed by atoms with E-state index in [0.29, 0.717) is 31.2 Å². The summed E-state index contributed by atoms with van der Waals surface area (Å²) in [5.41, 5.74) is -2.25. The summed E-state index contributed by atoms with van der Waals surface area (Å²) in [5.74, 6) is -5.63. The Hall–Kier alpha value is -3.71. The third-order valence-corrected chi connectivity index (χ3v) is 6.97. The average Bonchev–Trinajstić information content (AvgIpc) is 2.92. The van der Waals surface area contributed by atoms with Crippen LogP contribution in [0.15, 0.2) is 36.4 Å². The number of rotatable bonds is 22. The number of benzene rings is 1. The van der Waals surface area contributed by atoms with Gasteiger partial charge in [0.05, 0.1) is 18.4 Å². The highest BCUT2D eigenvalue weighted by atomic mass is 16.4. The molecule has 10 nitrogen and oxygen atoms in total. The van der Waals surface area contributed by atoms with E-state index >= 15 is 0 Å². The molecule has 3 atom stereocenters. The number of nitrogens with zero attached hydrogens (tertiary/aromatic N) is 1. The van der Waals surface area contributed by atoms with E-state index in [1.54, 1.807) is 12.1 Å². The molecule has 0 aliphatic carbocycles. The number of aliphatic hydroxyl groups is 1. The van der Waals surface area contributed by atoms with E-state index in [2.05, 4.69) is 12.2 Å². The van der Waals surface area contributed by atoms with E-state index in [1.165, 1.54) is 49.6 Å². The zero-order valence-corrected chi connectivity index (χ0v) is 23.9. The van der Waals surface area contributed by atoms with Gasteiger partial charge < -0.3 is 25.7 Å². The van der Waals surface area contributed by atoms with Crippen LogP contribution in [-0.4, -0.2) is 55.7 Å². The van der Waals surface area contributed by atoms with Crippen molar-refractivity contribution in [2.75, 3.05) is 0 Å². The van der Waals surface area contributed by atoms with E-state index in [1.807, 2.05) is 0 Å². The fourth-order valence-electron chi connectivity index (χ4n) is 4.45. The van der Waals surface area contributed by atoms with Crippen LogP contribution >= 0.6 is 0 Å². The first kappa shape index (κ1) is 35.3. The quantitative estimate of drug-likeness (QED) is 0.0972. The summed E-state index contributed by atoms with van der Waals surface area (Å²) in [5, 5.41) is 50.9. The second-order valence-electron chi connectivity index (χ2n) is 10.4. The fourth-order valence-corrected chi connectivity index (χ4v) is 4.45. The Morgan fingerprint density at radius 1 is 0.951 bits per heavy atom. The van der Waals surface area contributed by atoms with Gasteiger partial charge in [-0.15, -0.1) is 0 Å². The summed E-state index contributed by atoms with van der Waals surface area (Å²) in [6, 6.07) is 5.86. The number of unbranched alkanes of at least 4 members (excludes halogenated alkanes) is 8. The number of nitrogens with one attached hydrogen (secondary N) is 1. The smallest absolute Gasteiger partial charge is 0.337 e. The van der Waals surface area contributed by atoms with Gasteiger partial charge in [-0.05, 0) is 43.4 Å². The molecule has 0 fully saturated rings. The number of phenols is 1. The third kappa shape index (κ3) is 13.5. The Balaban J connectivity index is 2.71. The SMILES string of the molecule is CCCCCCCC(=O)CCCCCC/C=C/[C@H](C(=O)N[C@@H](Cc1ccc(O)cc1)C(=O)O)[C@@](O)(CC#N)C(=O)O. The van der Waals surface area contributed by atoms with Gasteiger partial charge in [0.1, 0.15) is 17.6 Å². The Bertz CT molecular complexity index is 1050. The molecule has 0 spiro atoms. The van der Waals surface area contributed by atoms with Gasteiger partial charge in [0.25, 0.3) is 0 Å². The van der Waals surface area contributed by atoms with Crippen molar-refractivity contribution >= 4 is 23.6 Å². The number of Topliss-reactive ketones (excluding diaryl/α,β-unsaturated/α-hetero) is 1. The highest BCUT2D eigenvalue weighted by molar-refractivity contribution is 5.92. The number of carboxylic acids is 2. The van der Waals surface area contributed by atoms with Crippen LogP contribution in [0.1, 0.15) is 96.0 Å². The van der Waals surface area contributed by atoms with Gasteiger partial charge in [-0.1, -0.05) is 69.7 Å². The van der Waals surface area contributed by atoms with Crippen molar-refractivity contribution in [3.63, 3.8) is 0 Å². The number of hydrogen-bond acceptors (Lipinski definition) is 7. The molecule has 1 aromatic rings. The molecule has 0 aliphatic heterocycles. The van der Waals surface area contributed by atoms with E-state index in [9.17, 15) is 39.6 Å². The second kappa shape index (κ2) is 19.4. The van der Waals surface area contributed by atoms with E-state index < -0.39 is 41.8 Å². The lowest BCUT2D eigenvalue weighted by atomic mass is 9.83. The van der Waals surface area contributed by atoms with Crippen LogP contribution in [0.5, 0.6) is 5.75 Å². The van der Waals surface area contributed by atoms with Crippen molar-refractivity contribution in [3.8, 4) is 11.8 Å². The molecule has 0 aliphatic rings. The Kier molecular flexibility index (Phi) is 16.7. The fraction of sp³-hybridized carbons (Fsp3) is 0.581. The Labute approximate surface area is 242 Å². The minimum absolute atomic E-state index is 0.0143. The van der Waals surface area contributed by atoms with E-state index in [0.717, 1.165) is 32.1 Å². The predicted molar refractivity (Wildman–Crippen MR) is 153 cm³/mol. The number of allylic oxidation sites excluding steroid dienone is 1. The lowest BCUT2D eigenvalue weighted by molar-refractivity contribution is -0.166. The predicted octanol–water partition coefficient (Wildman–Crippen LogP) is 4.68. The molecular weight excluding hydrogens is 528 g/mol. The van der Waals surface area contributed by atoms with Crippen molar-refractivity contribution < 1.29 is 39.6 Å². The number of nitriles is 1.